The molecule has 0 unspecified atom stereocenters. The highest BCUT2D eigenvalue weighted by Gasteiger charge is 2.34. The Hall–Kier alpha value is -3.02. The molecule has 4 rings (SSSR count). The first-order valence-electron chi connectivity index (χ1n) is 11.6. The van der Waals surface area contributed by atoms with Gasteiger partial charge in [-0.15, -0.1) is 0 Å². The molecule has 0 saturated carbocycles. The van der Waals surface area contributed by atoms with Crippen LogP contribution < -0.4 is 15.0 Å². The van der Waals surface area contributed by atoms with E-state index in [-0.39, 0.29) is 24.0 Å². The van der Waals surface area contributed by atoms with Crippen molar-refractivity contribution in [3.05, 3.63) is 59.2 Å². The number of aryl methyl sites for hydroxylation is 2. The molecule has 1 fully saturated rings. The van der Waals surface area contributed by atoms with Crippen LogP contribution in [0, 0.1) is 19.8 Å². The molecule has 1 N–H and O–H groups in total. The highest BCUT2D eigenvalue weighted by molar-refractivity contribution is 5.94. The molecule has 2 aliphatic rings. The van der Waals surface area contributed by atoms with Crippen LogP contribution in [-0.4, -0.2) is 42.6 Å². The number of nitrogens with one attached hydrogen (secondary N) is 1. The molecule has 2 aromatic rings. The van der Waals surface area contributed by atoms with Gasteiger partial charge in [-0.3, -0.25) is 9.69 Å². The predicted octanol–water partition coefficient (Wildman–Crippen LogP) is 4.43. The summed E-state index contributed by atoms with van der Waals surface area (Å²) >= 11 is 0. The van der Waals surface area contributed by atoms with E-state index >= 15 is 0 Å². The minimum Gasteiger partial charge on any atom is -0.486 e. The maximum absolute atomic E-state index is 13.4. The topological polar surface area (TPSA) is 61.9 Å². The van der Waals surface area contributed by atoms with E-state index in [2.05, 4.69) is 31.3 Å². The van der Waals surface area contributed by atoms with Gasteiger partial charge in [0.15, 0.2) is 0 Å². The third kappa shape index (κ3) is 4.90. The molecular formula is C26H33N3O3. The van der Waals surface area contributed by atoms with E-state index in [0.29, 0.717) is 39.0 Å². The average Bonchev–Trinajstić information content (AvgIpc) is 2.82. The smallest absolute Gasteiger partial charge is 0.324 e. The lowest BCUT2D eigenvalue weighted by Gasteiger charge is -2.39. The van der Waals surface area contributed by atoms with Gasteiger partial charge in [0.2, 0.25) is 5.91 Å². The van der Waals surface area contributed by atoms with Crippen molar-refractivity contribution in [2.24, 2.45) is 5.92 Å². The van der Waals surface area contributed by atoms with Crippen LogP contribution in [0.3, 0.4) is 0 Å². The molecule has 2 aliphatic heterocycles. The monoisotopic (exact) mass is 435 g/mol. The zero-order chi connectivity index (χ0) is 22.7. The van der Waals surface area contributed by atoms with Gasteiger partial charge < -0.3 is 15.0 Å². The van der Waals surface area contributed by atoms with Crippen LogP contribution in [0.4, 0.5) is 10.5 Å². The van der Waals surface area contributed by atoms with Crippen molar-refractivity contribution in [1.29, 1.82) is 0 Å². The number of amides is 3. The summed E-state index contributed by atoms with van der Waals surface area (Å²) < 4.78 is 6.06. The highest BCUT2D eigenvalue weighted by atomic mass is 16.5. The van der Waals surface area contributed by atoms with Crippen molar-refractivity contribution in [2.45, 2.75) is 52.7 Å². The molecule has 1 atom stereocenters. The van der Waals surface area contributed by atoms with E-state index in [1.165, 1.54) is 5.56 Å². The lowest BCUT2D eigenvalue weighted by Crippen LogP contribution is -2.52. The molecule has 6 nitrogen and oxygen atoms in total. The minimum atomic E-state index is -0.0490. The second-order valence-electron chi connectivity index (χ2n) is 8.98. The fourth-order valence-corrected chi connectivity index (χ4v) is 4.39. The van der Waals surface area contributed by atoms with Crippen molar-refractivity contribution >= 4 is 17.6 Å². The molecule has 0 radical (unpaired) electrons. The Balaban J connectivity index is 1.34. The molecule has 2 aromatic carbocycles. The van der Waals surface area contributed by atoms with Gasteiger partial charge in [0.05, 0.1) is 12.2 Å². The van der Waals surface area contributed by atoms with E-state index < -0.39 is 0 Å². The van der Waals surface area contributed by atoms with Crippen molar-refractivity contribution in [1.82, 2.24) is 10.2 Å². The molecule has 32 heavy (non-hydrogen) atoms. The fourth-order valence-electron chi connectivity index (χ4n) is 4.39. The van der Waals surface area contributed by atoms with Crippen LogP contribution in [0.1, 0.15) is 42.9 Å². The Kier molecular flexibility index (Phi) is 6.68. The number of carbonyl (C=O) groups is 2. The summed E-state index contributed by atoms with van der Waals surface area (Å²) in [7, 11) is 0. The van der Waals surface area contributed by atoms with Gasteiger partial charge in [0.1, 0.15) is 11.9 Å². The molecule has 3 amide bonds. The number of fused-ring (bicyclic) bond motifs is 1. The predicted molar refractivity (Wildman–Crippen MR) is 126 cm³/mol. The van der Waals surface area contributed by atoms with Gasteiger partial charge in [-0.25, -0.2) is 4.79 Å². The molecule has 0 spiro atoms. The molecule has 0 bridgehead atoms. The van der Waals surface area contributed by atoms with Crippen LogP contribution in [0.2, 0.25) is 0 Å². The van der Waals surface area contributed by atoms with E-state index in [1.54, 1.807) is 0 Å². The number of urea groups is 1. The number of benzene rings is 2. The normalized spacial score (nSPS) is 18.7. The first kappa shape index (κ1) is 22.2. The first-order chi connectivity index (χ1) is 15.4. The summed E-state index contributed by atoms with van der Waals surface area (Å²) in [5, 5.41) is 3.06. The quantitative estimate of drug-likeness (QED) is 0.773. The summed E-state index contributed by atoms with van der Waals surface area (Å²) in [4.78, 5) is 29.8. The lowest BCUT2D eigenvalue weighted by molar-refractivity contribution is -0.126. The van der Waals surface area contributed by atoms with E-state index in [9.17, 15) is 9.59 Å². The highest BCUT2D eigenvalue weighted by Crippen LogP contribution is 2.36. The molecule has 170 valence electrons. The molecular weight excluding hydrogens is 402 g/mol. The van der Waals surface area contributed by atoms with Gasteiger partial charge in [0, 0.05) is 25.6 Å². The molecule has 1 saturated heterocycles. The standard InChI is InChI=1S/C26H33N3O3/c1-4-22-17-29(23-15-19(3)7-10-24(23)32-22)26(31)28-13-11-21(12-14-28)25(30)27-16-20-8-5-18(2)6-9-20/h5-10,15,21-22H,4,11-14,16-17H2,1-3H3,(H,27,30)/t22-/m0/s1. The Bertz CT molecular complexity index is 965. The summed E-state index contributed by atoms with van der Waals surface area (Å²) in [5.74, 6) is 0.801. The SMILES string of the molecule is CC[C@H]1CN(C(=O)N2CCC(C(=O)NCc3ccc(C)cc3)CC2)c2cc(C)ccc2O1. The number of carbonyl (C=O) groups excluding carboxylic acids is 2. The Morgan fingerprint density at radius 3 is 2.41 bits per heavy atom. The van der Waals surface area contributed by atoms with Crippen molar-refractivity contribution < 1.29 is 14.3 Å². The number of likely N-dealkylation sites (tertiary alicyclic amines) is 1. The van der Waals surface area contributed by atoms with Crippen molar-refractivity contribution in [3.8, 4) is 5.75 Å². The minimum absolute atomic E-state index is 0.000697. The maximum Gasteiger partial charge on any atom is 0.324 e. The number of hydrogen-bond acceptors (Lipinski definition) is 3. The number of ether oxygens (including phenoxy) is 1. The lowest BCUT2D eigenvalue weighted by atomic mass is 9.96. The largest absolute Gasteiger partial charge is 0.486 e. The van der Waals surface area contributed by atoms with Gasteiger partial charge in [-0.2, -0.15) is 0 Å². The van der Waals surface area contributed by atoms with Gasteiger partial charge >= 0.3 is 6.03 Å². The number of rotatable bonds is 4. The first-order valence-corrected chi connectivity index (χ1v) is 11.6. The van der Waals surface area contributed by atoms with Crippen LogP contribution in [0.15, 0.2) is 42.5 Å². The average molecular weight is 436 g/mol. The van der Waals surface area contributed by atoms with E-state index in [0.717, 1.165) is 29.0 Å². The summed E-state index contributed by atoms with van der Waals surface area (Å²) in [5.41, 5.74) is 4.26. The van der Waals surface area contributed by atoms with Crippen molar-refractivity contribution in [2.75, 3.05) is 24.5 Å². The van der Waals surface area contributed by atoms with Crippen LogP contribution in [-0.2, 0) is 11.3 Å². The zero-order valence-electron chi connectivity index (χ0n) is 19.3. The molecule has 0 aliphatic carbocycles. The zero-order valence-corrected chi connectivity index (χ0v) is 19.3. The second kappa shape index (κ2) is 9.63. The Morgan fingerprint density at radius 1 is 1.03 bits per heavy atom. The fraction of sp³-hybridized carbons (Fsp3) is 0.462. The second-order valence-corrected chi connectivity index (χ2v) is 8.98. The number of hydrogen-bond donors (Lipinski definition) is 1. The summed E-state index contributed by atoms with van der Waals surface area (Å²) in [6, 6.07) is 14.2. The molecule has 0 aromatic heterocycles. The van der Waals surface area contributed by atoms with Crippen LogP contribution in [0.25, 0.3) is 0 Å². The third-order valence-corrected chi connectivity index (χ3v) is 6.49. The van der Waals surface area contributed by atoms with Gasteiger partial charge in [0.25, 0.3) is 0 Å². The summed E-state index contributed by atoms with van der Waals surface area (Å²) in [6.07, 6.45) is 2.22. The van der Waals surface area contributed by atoms with Crippen molar-refractivity contribution in [3.63, 3.8) is 0 Å². The van der Waals surface area contributed by atoms with Gasteiger partial charge in [-0.1, -0.05) is 42.8 Å². The van der Waals surface area contributed by atoms with Crippen LogP contribution in [0.5, 0.6) is 5.75 Å². The Labute approximate surface area is 190 Å². The third-order valence-electron chi connectivity index (χ3n) is 6.49. The van der Waals surface area contributed by atoms with E-state index in [4.69, 9.17) is 4.74 Å². The maximum atomic E-state index is 13.4. The number of anilines is 1. The van der Waals surface area contributed by atoms with Gasteiger partial charge in [-0.05, 0) is 56.4 Å². The summed E-state index contributed by atoms with van der Waals surface area (Å²) in [6.45, 7) is 8.44. The molecule has 6 heteroatoms. The Morgan fingerprint density at radius 2 is 1.72 bits per heavy atom. The van der Waals surface area contributed by atoms with E-state index in [1.807, 2.05) is 47.1 Å². The van der Waals surface area contributed by atoms with Crippen LogP contribution >= 0.6 is 0 Å². The number of nitrogens with zero attached hydrogens (tertiary/aromatic N) is 2. The number of piperidine rings is 1. The molecule has 2 heterocycles.